The van der Waals surface area contributed by atoms with E-state index in [-0.39, 0.29) is 5.91 Å². The van der Waals surface area contributed by atoms with Crippen LogP contribution in [0.5, 0.6) is 17.2 Å². The van der Waals surface area contributed by atoms with Gasteiger partial charge >= 0.3 is 0 Å². The number of hydrogen-bond acceptors (Lipinski definition) is 5. The summed E-state index contributed by atoms with van der Waals surface area (Å²) in [5.41, 5.74) is 3.62. The van der Waals surface area contributed by atoms with E-state index >= 15 is 0 Å². The second-order valence-electron chi connectivity index (χ2n) is 4.54. The fourth-order valence-corrected chi connectivity index (χ4v) is 1.93. The highest BCUT2D eigenvalue weighted by Crippen LogP contribution is 2.22. The highest BCUT2D eigenvalue weighted by atomic mass is 16.5. The van der Waals surface area contributed by atoms with Crippen LogP contribution in [0.2, 0.25) is 0 Å². The molecule has 0 atom stereocenters. The van der Waals surface area contributed by atoms with Crippen LogP contribution in [0.4, 0.5) is 0 Å². The summed E-state index contributed by atoms with van der Waals surface area (Å²) in [5, 5.41) is 3.96. The van der Waals surface area contributed by atoms with Gasteiger partial charge in [-0.05, 0) is 36.4 Å². The molecule has 0 aliphatic rings. The maximum Gasteiger partial charge on any atom is 0.271 e. The van der Waals surface area contributed by atoms with Crippen molar-refractivity contribution in [1.82, 2.24) is 5.43 Å². The molecule has 0 aromatic heterocycles. The molecular formula is C17H18N2O4. The molecule has 0 spiro atoms. The van der Waals surface area contributed by atoms with Gasteiger partial charge in [-0.25, -0.2) is 5.43 Å². The highest BCUT2D eigenvalue weighted by molar-refractivity contribution is 5.95. The summed E-state index contributed by atoms with van der Waals surface area (Å²) in [4.78, 5) is 12.0. The standard InChI is InChI=1S/C17H18N2O4/c1-21-14-6-4-5-12(9-14)17(20)19-18-11-13-10-15(22-2)7-8-16(13)23-3/h4-11H,1-3H3,(H,19,20)/b18-11+. The molecule has 120 valence electrons. The maximum absolute atomic E-state index is 12.0. The Morgan fingerprint density at radius 3 is 2.43 bits per heavy atom. The smallest absolute Gasteiger partial charge is 0.271 e. The summed E-state index contributed by atoms with van der Waals surface area (Å²) >= 11 is 0. The van der Waals surface area contributed by atoms with Crippen LogP contribution in [-0.4, -0.2) is 33.5 Å². The summed E-state index contributed by atoms with van der Waals surface area (Å²) in [6.07, 6.45) is 1.50. The summed E-state index contributed by atoms with van der Waals surface area (Å²) < 4.78 is 15.5. The second-order valence-corrected chi connectivity index (χ2v) is 4.54. The first-order valence-corrected chi connectivity index (χ1v) is 6.87. The van der Waals surface area contributed by atoms with Gasteiger partial charge in [0, 0.05) is 11.1 Å². The Hall–Kier alpha value is -3.02. The summed E-state index contributed by atoms with van der Waals surface area (Å²) in [6, 6.07) is 12.1. The van der Waals surface area contributed by atoms with Gasteiger partial charge in [0.05, 0.1) is 27.5 Å². The zero-order chi connectivity index (χ0) is 16.7. The molecule has 2 rings (SSSR count). The predicted molar refractivity (Wildman–Crippen MR) is 87.6 cm³/mol. The molecule has 1 amide bonds. The first kappa shape index (κ1) is 16.4. The van der Waals surface area contributed by atoms with E-state index in [1.165, 1.54) is 6.21 Å². The lowest BCUT2D eigenvalue weighted by molar-refractivity contribution is 0.0955. The molecule has 23 heavy (non-hydrogen) atoms. The van der Waals surface area contributed by atoms with Crippen molar-refractivity contribution in [3.63, 3.8) is 0 Å². The van der Waals surface area contributed by atoms with Crippen molar-refractivity contribution in [3.8, 4) is 17.2 Å². The Balaban J connectivity index is 2.10. The predicted octanol–water partition coefficient (Wildman–Crippen LogP) is 2.48. The zero-order valence-corrected chi connectivity index (χ0v) is 13.2. The van der Waals surface area contributed by atoms with E-state index in [1.807, 2.05) is 0 Å². The topological polar surface area (TPSA) is 69.2 Å². The Kier molecular flexibility index (Phi) is 5.57. The Labute approximate surface area is 134 Å². The molecule has 0 aliphatic heterocycles. The number of nitrogens with zero attached hydrogens (tertiary/aromatic N) is 1. The quantitative estimate of drug-likeness (QED) is 0.657. The average molecular weight is 314 g/mol. The van der Waals surface area contributed by atoms with Crippen LogP contribution in [0.3, 0.4) is 0 Å². The molecule has 0 bridgehead atoms. The molecule has 2 aromatic rings. The largest absolute Gasteiger partial charge is 0.497 e. The lowest BCUT2D eigenvalue weighted by Gasteiger charge is -2.07. The number of hydrogen-bond donors (Lipinski definition) is 1. The average Bonchev–Trinajstić information content (AvgIpc) is 2.61. The van der Waals surface area contributed by atoms with Gasteiger partial charge in [-0.15, -0.1) is 0 Å². The Morgan fingerprint density at radius 1 is 1.00 bits per heavy atom. The van der Waals surface area contributed by atoms with E-state index < -0.39 is 0 Å². The maximum atomic E-state index is 12.0. The first-order chi connectivity index (χ1) is 11.2. The van der Waals surface area contributed by atoms with Crippen LogP contribution in [0.25, 0.3) is 0 Å². The third kappa shape index (κ3) is 4.23. The summed E-state index contributed by atoms with van der Waals surface area (Å²) in [6.45, 7) is 0. The van der Waals surface area contributed by atoms with Gasteiger partial charge in [0.25, 0.3) is 5.91 Å². The number of benzene rings is 2. The van der Waals surface area contributed by atoms with Crippen molar-refractivity contribution >= 4 is 12.1 Å². The van der Waals surface area contributed by atoms with Gasteiger partial charge in [0.15, 0.2) is 0 Å². The normalized spacial score (nSPS) is 10.4. The van der Waals surface area contributed by atoms with Gasteiger partial charge in [-0.2, -0.15) is 5.10 Å². The molecule has 0 unspecified atom stereocenters. The van der Waals surface area contributed by atoms with E-state index in [0.717, 1.165) is 0 Å². The highest BCUT2D eigenvalue weighted by Gasteiger charge is 2.06. The van der Waals surface area contributed by atoms with Crippen LogP contribution in [0.1, 0.15) is 15.9 Å². The van der Waals surface area contributed by atoms with Crippen molar-refractivity contribution in [2.24, 2.45) is 5.10 Å². The number of hydrazone groups is 1. The summed E-state index contributed by atoms with van der Waals surface area (Å²) in [5.74, 6) is 1.58. The molecule has 0 radical (unpaired) electrons. The molecule has 6 nitrogen and oxygen atoms in total. The number of carbonyl (C=O) groups excluding carboxylic acids is 1. The minimum absolute atomic E-state index is 0.331. The number of rotatable bonds is 6. The lowest BCUT2D eigenvalue weighted by Crippen LogP contribution is -2.17. The molecule has 2 aromatic carbocycles. The molecule has 0 aliphatic carbocycles. The molecule has 1 N–H and O–H groups in total. The lowest BCUT2D eigenvalue weighted by atomic mass is 10.2. The second kappa shape index (κ2) is 7.84. The minimum Gasteiger partial charge on any atom is -0.497 e. The fraction of sp³-hybridized carbons (Fsp3) is 0.176. The van der Waals surface area contributed by atoms with Crippen molar-refractivity contribution in [2.45, 2.75) is 0 Å². The first-order valence-electron chi connectivity index (χ1n) is 6.87. The SMILES string of the molecule is COc1cccc(C(=O)N/N=C/c2cc(OC)ccc2OC)c1. The van der Waals surface area contributed by atoms with Crippen LogP contribution in [0, 0.1) is 0 Å². The van der Waals surface area contributed by atoms with E-state index in [2.05, 4.69) is 10.5 Å². The van der Waals surface area contributed by atoms with Crippen LogP contribution in [0.15, 0.2) is 47.6 Å². The third-order valence-electron chi connectivity index (χ3n) is 3.14. The van der Waals surface area contributed by atoms with E-state index in [1.54, 1.807) is 63.8 Å². The number of nitrogens with one attached hydrogen (secondary N) is 1. The van der Waals surface area contributed by atoms with Crippen LogP contribution < -0.4 is 19.6 Å². The Bertz CT molecular complexity index is 713. The number of amides is 1. The van der Waals surface area contributed by atoms with Crippen molar-refractivity contribution < 1.29 is 19.0 Å². The van der Waals surface area contributed by atoms with Gasteiger partial charge in [0.2, 0.25) is 0 Å². The van der Waals surface area contributed by atoms with Gasteiger partial charge < -0.3 is 14.2 Å². The Morgan fingerprint density at radius 2 is 1.74 bits per heavy atom. The van der Waals surface area contributed by atoms with Gasteiger partial charge in [-0.3, -0.25) is 4.79 Å². The van der Waals surface area contributed by atoms with E-state index in [0.29, 0.717) is 28.4 Å². The molecular weight excluding hydrogens is 296 g/mol. The fourth-order valence-electron chi connectivity index (χ4n) is 1.93. The molecule has 0 saturated carbocycles. The molecule has 6 heteroatoms. The monoisotopic (exact) mass is 314 g/mol. The molecule has 0 saturated heterocycles. The summed E-state index contributed by atoms with van der Waals surface area (Å²) in [7, 11) is 4.69. The van der Waals surface area contributed by atoms with E-state index in [4.69, 9.17) is 14.2 Å². The van der Waals surface area contributed by atoms with Crippen molar-refractivity contribution in [1.29, 1.82) is 0 Å². The van der Waals surface area contributed by atoms with Crippen molar-refractivity contribution in [2.75, 3.05) is 21.3 Å². The number of carbonyl (C=O) groups is 1. The van der Waals surface area contributed by atoms with Crippen molar-refractivity contribution in [3.05, 3.63) is 53.6 Å². The molecule has 0 fully saturated rings. The zero-order valence-electron chi connectivity index (χ0n) is 13.2. The van der Waals surface area contributed by atoms with Gasteiger partial charge in [0.1, 0.15) is 17.2 Å². The van der Waals surface area contributed by atoms with Crippen LogP contribution >= 0.6 is 0 Å². The minimum atomic E-state index is -0.331. The molecule has 0 heterocycles. The van der Waals surface area contributed by atoms with Crippen LogP contribution in [-0.2, 0) is 0 Å². The van der Waals surface area contributed by atoms with E-state index in [9.17, 15) is 4.79 Å². The number of methoxy groups -OCH3 is 3. The van der Waals surface area contributed by atoms with Gasteiger partial charge in [-0.1, -0.05) is 6.07 Å². The third-order valence-corrected chi connectivity index (χ3v) is 3.14. The number of ether oxygens (including phenoxy) is 3.